The molecule has 7 nitrogen and oxygen atoms in total. The van der Waals surface area contributed by atoms with Crippen molar-refractivity contribution in [3.8, 4) is 0 Å². The zero-order chi connectivity index (χ0) is 19.6. The molecule has 0 bridgehead atoms. The van der Waals surface area contributed by atoms with Crippen LogP contribution in [0.1, 0.15) is 41.5 Å². The van der Waals surface area contributed by atoms with E-state index in [1.807, 2.05) is 44.3 Å². The predicted octanol–water partition coefficient (Wildman–Crippen LogP) is 3.29. The molecule has 142 valence electrons. The Morgan fingerprint density at radius 1 is 1.30 bits per heavy atom. The molecule has 2 aromatic heterocycles. The highest BCUT2D eigenvalue weighted by Gasteiger charge is 2.27. The number of nitrogens with zero attached hydrogens (tertiary/aromatic N) is 1. The number of aromatic nitrogens is 3. The molecule has 1 amide bonds. The van der Waals surface area contributed by atoms with Gasteiger partial charge in [0.1, 0.15) is 6.04 Å². The Labute approximate surface area is 165 Å². The topological polar surface area (TPSA) is 99.9 Å². The van der Waals surface area contributed by atoms with Crippen molar-refractivity contribution >= 4 is 38.7 Å². The van der Waals surface area contributed by atoms with Gasteiger partial charge in [0, 0.05) is 23.5 Å². The second kappa shape index (κ2) is 7.96. The summed E-state index contributed by atoms with van der Waals surface area (Å²) in [4.78, 5) is 28.1. The number of carbonyl (C=O) groups is 2. The van der Waals surface area contributed by atoms with Crippen LogP contribution >= 0.6 is 15.9 Å². The molecule has 1 aromatic carbocycles. The number of hydrogen-bond donors (Lipinski definition) is 3. The summed E-state index contributed by atoms with van der Waals surface area (Å²) in [7, 11) is 1.30. The number of ether oxygens (including phenoxy) is 1. The smallest absolute Gasteiger partial charge is 0.328 e. The number of rotatable bonds is 6. The van der Waals surface area contributed by atoms with E-state index < -0.39 is 17.9 Å². The first-order valence-corrected chi connectivity index (χ1v) is 9.39. The number of halogens is 1. The lowest BCUT2D eigenvalue weighted by Gasteiger charge is -2.16. The third-order valence-electron chi connectivity index (χ3n) is 4.41. The van der Waals surface area contributed by atoms with Crippen LogP contribution in [0.5, 0.6) is 0 Å². The molecule has 0 spiro atoms. The predicted molar refractivity (Wildman–Crippen MR) is 106 cm³/mol. The fourth-order valence-electron chi connectivity index (χ4n) is 2.96. The number of esters is 1. The molecule has 27 heavy (non-hydrogen) atoms. The van der Waals surface area contributed by atoms with Crippen molar-refractivity contribution in [3.05, 3.63) is 51.9 Å². The highest BCUT2D eigenvalue weighted by Crippen LogP contribution is 2.26. The summed E-state index contributed by atoms with van der Waals surface area (Å²) >= 11 is 3.41. The van der Waals surface area contributed by atoms with Crippen molar-refractivity contribution in [1.29, 1.82) is 0 Å². The van der Waals surface area contributed by atoms with Gasteiger partial charge in [0.2, 0.25) is 0 Å². The van der Waals surface area contributed by atoms with Crippen molar-refractivity contribution in [2.45, 2.75) is 32.2 Å². The third-order valence-corrected chi connectivity index (χ3v) is 5.22. The maximum absolute atomic E-state index is 12.7. The highest BCUT2D eigenvalue weighted by atomic mass is 79.9. The van der Waals surface area contributed by atoms with E-state index in [-0.39, 0.29) is 11.6 Å². The van der Waals surface area contributed by atoms with E-state index in [1.54, 1.807) is 0 Å². The number of amides is 1. The van der Waals surface area contributed by atoms with Crippen molar-refractivity contribution in [1.82, 2.24) is 20.5 Å². The number of hydrogen-bond acceptors (Lipinski definition) is 4. The zero-order valence-corrected chi connectivity index (χ0v) is 16.9. The molecule has 2 heterocycles. The molecule has 3 rings (SSSR count). The Bertz CT molecular complexity index is 976. The molecule has 0 unspecified atom stereocenters. The van der Waals surface area contributed by atoms with Crippen LogP contribution in [0.15, 0.2) is 34.9 Å². The number of methoxy groups -OCH3 is 1. The van der Waals surface area contributed by atoms with Gasteiger partial charge in [0.25, 0.3) is 5.91 Å². The Morgan fingerprint density at radius 2 is 2.04 bits per heavy atom. The Kier molecular flexibility index (Phi) is 5.65. The van der Waals surface area contributed by atoms with E-state index in [0.717, 1.165) is 22.2 Å². The molecule has 0 saturated carbocycles. The number of para-hydroxylation sites is 1. The van der Waals surface area contributed by atoms with E-state index in [1.165, 1.54) is 7.11 Å². The minimum Gasteiger partial charge on any atom is -0.467 e. The number of fused-ring (bicyclic) bond motifs is 1. The quantitative estimate of drug-likeness (QED) is 0.520. The average Bonchev–Trinajstić information content (AvgIpc) is 3.24. The molecular weight excluding hydrogens is 412 g/mol. The summed E-state index contributed by atoms with van der Waals surface area (Å²) in [6.07, 6.45) is 2.15. The van der Waals surface area contributed by atoms with Gasteiger partial charge in [-0.15, -0.1) is 0 Å². The Balaban J connectivity index is 1.83. The maximum atomic E-state index is 12.7. The summed E-state index contributed by atoms with van der Waals surface area (Å²) in [5, 5.41) is 10.7. The zero-order valence-electron chi connectivity index (χ0n) is 15.3. The van der Waals surface area contributed by atoms with Gasteiger partial charge < -0.3 is 15.0 Å². The molecule has 1 atom stereocenters. The van der Waals surface area contributed by atoms with Crippen molar-refractivity contribution in [3.63, 3.8) is 0 Å². The van der Waals surface area contributed by atoms with Gasteiger partial charge in [-0.25, -0.2) is 4.79 Å². The van der Waals surface area contributed by atoms with Crippen molar-refractivity contribution in [2.75, 3.05) is 7.11 Å². The summed E-state index contributed by atoms with van der Waals surface area (Å²) < 4.78 is 5.48. The van der Waals surface area contributed by atoms with Crippen LogP contribution in [0.2, 0.25) is 0 Å². The minimum absolute atomic E-state index is 0.177. The summed E-state index contributed by atoms with van der Waals surface area (Å²) in [6, 6.07) is 6.96. The summed E-state index contributed by atoms with van der Waals surface area (Å²) in [6.45, 7) is 3.99. The summed E-state index contributed by atoms with van der Waals surface area (Å²) in [5.74, 6) is -0.777. The molecule has 3 N–H and O–H groups in total. The lowest BCUT2D eigenvalue weighted by Crippen LogP contribution is -2.43. The second-order valence-corrected chi connectivity index (χ2v) is 7.36. The lowest BCUT2D eigenvalue weighted by molar-refractivity contribution is -0.142. The minimum atomic E-state index is -0.826. The van der Waals surface area contributed by atoms with Crippen LogP contribution in [0.4, 0.5) is 0 Å². The highest BCUT2D eigenvalue weighted by molar-refractivity contribution is 9.10. The number of H-pyrrole nitrogens is 2. The van der Waals surface area contributed by atoms with Crippen LogP contribution in [0, 0.1) is 0 Å². The maximum Gasteiger partial charge on any atom is 0.328 e. The Hall–Kier alpha value is -2.61. The average molecular weight is 433 g/mol. The molecule has 0 fully saturated rings. The first-order chi connectivity index (χ1) is 12.9. The van der Waals surface area contributed by atoms with Gasteiger partial charge in [-0.3, -0.25) is 9.89 Å². The first-order valence-electron chi connectivity index (χ1n) is 8.59. The number of nitrogens with one attached hydrogen (secondary N) is 3. The van der Waals surface area contributed by atoms with Gasteiger partial charge in [-0.2, -0.15) is 5.10 Å². The van der Waals surface area contributed by atoms with E-state index in [4.69, 9.17) is 4.74 Å². The van der Waals surface area contributed by atoms with Gasteiger partial charge >= 0.3 is 5.97 Å². The van der Waals surface area contributed by atoms with Gasteiger partial charge in [-0.05, 0) is 33.5 Å². The number of benzene rings is 1. The van der Waals surface area contributed by atoms with Crippen LogP contribution in [-0.2, 0) is 16.0 Å². The van der Waals surface area contributed by atoms with Crippen LogP contribution in [-0.4, -0.2) is 40.2 Å². The SMILES string of the molecule is COC(=O)[C@@H](Cc1c[nH]c2ccccc12)NC(=O)c1n[nH]c(C(C)C)c1Br. The van der Waals surface area contributed by atoms with Crippen molar-refractivity contribution in [2.24, 2.45) is 0 Å². The molecule has 8 heteroatoms. The first kappa shape index (κ1) is 19.2. The number of aromatic amines is 2. The molecule has 0 aliphatic rings. The molecule has 3 aromatic rings. The third kappa shape index (κ3) is 3.90. The van der Waals surface area contributed by atoms with Gasteiger partial charge in [0.15, 0.2) is 5.69 Å². The van der Waals surface area contributed by atoms with Crippen LogP contribution < -0.4 is 5.32 Å². The normalized spacial score (nSPS) is 12.3. The number of carbonyl (C=O) groups excluding carboxylic acids is 2. The van der Waals surface area contributed by atoms with E-state index in [2.05, 4.69) is 36.4 Å². The fraction of sp³-hybridized carbons (Fsp3) is 0.316. The largest absolute Gasteiger partial charge is 0.467 e. The van der Waals surface area contributed by atoms with Crippen LogP contribution in [0.25, 0.3) is 10.9 Å². The second-order valence-electron chi connectivity index (χ2n) is 6.57. The molecular formula is C19H21BrN4O3. The van der Waals surface area contributed by atoms with Gasteiger partial charge in [-0.1, -0.05) is 32.0 Å². The molecule has 0 radical (unpaired) electrons. The van der Waals surface area contributed by atoms with Gasteiger partial charge in [0.05, 0.1) is 17.3 Å². The van der Waals surface area contributed by atoms with E-state index in [9.17, 15) is 9.59 Å². The standard InChI is InChI=1S/C19H21BrN4O3/c1-10(2)16-15(20)17(24-23-16)18(25)22-14(19(26)27-3)8-11-9-21-13-7-5-4-6-12(11)13/h4-7,9-10,14,21H,8H2,1-3H3,(H,22,25)(H,23,24)/t14-/m1/s1. The monoisotopic (exact) mass is 432 g/mol. The van der Waals surface area contributed by atoms with E-state index in [0.29, 0.717) is 10.9 Å². The lowest BCUT2D eigenvalue weighted by atomic mass is 10.0. The Morgan fingerprint density at radius 3 is 2.70 bits per heavy atom. The molecule has 0 aliphatic heterocycles. The summed E-state index contributed by atoms with van der Waals surface area (Å²) in [5.41, 5.74) is 2.93. The molecule has 0 saturated heterocycles. The fourth-order valence-corrected chi connectivity index (χ4v) is 3.77. The van der Waals surface area contributed by atoms with E-state index >= 15 is 0 Å². The van der Waals surface area contributed by atoms with Crippen LogP contribution in [0.3, 0.4) is 0 Å². The molecule has 0 aliphatic carbocycles. The van der Waals surface area contributed by atoms with Crippen molar-refractivity contribution < 1.29 is 14.3 Å².